The summed E-state index contributed by atoms with van der Waals surface area (Å²) in [6.07, 6.45) is 0.687. The summed E-state index contributed by atoms with van der Waals surface area (Å²) in [5.74, 6) is 1.40. The maximum absolute atomic E-state index is 13.9. The third-order valence-corrected chi connectivity index (χ3v) is 2.83. The predicted molar refractivity (Wildman–Crippen MR) is 74.9 cm³/mol. The van der Waals surface area contributed by atoms with Crippen molar-refractivity contribution in [2.24, 2.45) is 0 Å². The van der Waals surface area contributed by atoms with Crippen molar-refractivity contribution in [3.05, 3.63) is 42.0 Å². The van der Waals surface area contributed by atoms with Gasteiger partial charge in [0.15, 0.2) is 0 Å². The summed E-state index contributed by atoms with van der Waals surface area (Å²) < 4.78 is 13.9. The van der Waals surface area contributed by atoms with Crippen molar-refractivity contribution in [1.29, 1.82) is 0 Å². The lowest BCUT2D eigenvalue weighted by atomic mass is 10.2. The summed E-state index contributed by atoms with van der Waals surface area (Å²) in [6, 6.07) is 8.28. The number of para-hydroxylation sites is 1. The Hall–Kier alpha value is -2.17. The number of nitrogen functional groups attached to an aromatic ring is 1. The highest BCUT2D eigenvalue weighted by atomic mass is 19.1. The molecule has 100 valence electrons. The van der Waals surface area contributed by atoms with Gasteiger partial charge in [-0.2, -0.15) is 0 Å². The lowest BCUT2D eigenvalue weighted by Gasteiger charge is -2.23. The summed E-state index contributed by atoms with van der Waals surface area (Å²) in [4.78, 5) is 10.3. The topological polar surface area (TPSA) is 55.0 Å². The number of benzene rings is 1. The second-order valence-electron chi connectivity index (χ2n) is 4.12. The SMILES string of the molecule is CCc1nc(N)cc(N(CC)c2ccccc2F)n1. The quantitative estimate of drug-likeness (QED) is 0.918. The lowest BCUT2D eigenvalue weighted by Crippen LogP contribution is -2.20. The van der Waals surface area contributed by atoms with E-state index in [2.05, 4.69) is 9.97 Å². The first-order valence-corrected chi connectivity index (χ1v) is 6.31. The zero-order chi connectivity index (χ0) is 13.8. The molecule has 0 unspecified atom stereocenters. The van der Waals surface area contributed by atoms with Crippen LogP contribution in [0, 0.1) is 5.82 Å². The third-order valence-electron chi connectivity index (χ3n) is 2.83. The molecular weight excluding hydrogens is 243 g/mol. The Kier molecular flexibility index (Phi) is 3.94. The first-order chi connectivity index (χ1) is 9.15. The van der Waals surface area contributed by atoms with E-state index in [1.54, 1.807) is 29.2 Å². The van der Waals surface area contributed by atoms with E-state index in [-0.39, 0.29) is 5.82 Å². The van der Waals surface area contributed by atoms with Crippen molar-refractivity contribution in [1.82, 2.24) is 9.97 Å². The van der Waals surface area contributed by atoms with Crippen molar-refractivity contribution in [3.63, 3.8) is 0 Å². The van der Waals surface area contributed by atoms with E-state index in [9.17, 15) is 4.39 Å². The first-order valence-electron chi connectivity index (χ1n) is 6.31. The molecule has 0 aliphatic heterocycles. The maximum Gasteiger partial charge on any atom is 0.146 e. The van der Waals surface area contributed by atoms with Gasteiger partial charge in [0, 0.05) is 19.0 Å². The number of nitrogens with zero attached hydrogens (tertiary/aromatic N) is 3. The number of aromatic nitrogens is 2. The van der Waals surface area contributed by atoms with E-state index in [0.717, 1.165) is 0 Å². The van der Waals surface area contributed by atoms with Crippen LogP contribution in [0.1, 0.15) is 19.7 Å². The maximum atomic E-state index is 13.9. The van der Waals surface area contributed by atoms with Gasteiger partial charge in [0.05, 0.1) is 5.69 Å². The van der Waals surface area contributed by atoms with Crippen LogP contribution in [-0.2, 0) is 6.42 Å². The summed E-state index contributed by atoms with van der Waals surface area (Å²) in [5, 5.41) is 0. The van der Waals surface area contributed by atoms with Gasteiger partial charge in [0.1, 0.15) is 23.3 Å². The van der Waals surface area contributed by atoms with Crippen molar-refractivity contribution < 1.29 is 4.39 Å². The highest BCUT2D eigenvalue weighted by Gasteiger charge is 2.14. The Morgan fingerprint density at radius 2 is 1.95 bits per heavy atom. The standard InChI is InChI=1S/C14H17FN4/c1-3-13-17-12(16)9-14(18-13)19(4-2)11-8-6-5-7-10(11)15/h5-9H,3-4H2,1-2H3,(H2,16,17,18). The van der Waals surface area contributed by atoms with Gasteiger partial charge in [-0.3, -0.25) is 0 Å². The molecule has 0 spiro atoms. The van der Waals surface area contributed by atoms with E-state index in [1.165, 1.54) is 6.07 Å². The van der Waals surface area contributed by atoms with Crippen LogP contribution in [0.4, 0.5) is 21.7 Å². The Morgan fingerprint density at radius 3 is 2.58 bits per heavy atom. The van der Waals surface area contributed by atoms with Crippen LogP contribution in [0.3, 0.4) is 0 Å². The zero-order valence-electron chi connectivity index (χ0n) is 11.1. The Morgan fingerprint density at radius 1 is 1.21 bits per heavy atom. The second-order valence-corrected chi connectivity index (χ2v) is 4.12. The summed E-state index contributed by atoms with van der Waals surface area (Å²) >= 11 is 0. The van der Waals surface area contributed by atoms with Gasteiger partial charge in [-0.15, -0.1) is 0 Å². The molecule has 0 radical (unpaired) electrons. The molecule has 0 saturated heterocycles. The molecule has 2 aromatic rings. The average Bonchev–Trinajstić information content (AvgIpc) is 2.41. The van der Waals surface area contributed by atoms with Crippen LogP contribution in [0.2, 0.25) is 0 Å². The Bertz CT molecular complexity index is 571. The fourth-order valence-electron chi connectivity index (χ4n) is 1.93. The minimum absolute atomic E-state index is 0.278. The molecule has 0 atom stereocenters. The van der Waals surface area contributed by atoms with E-state index < -0.39 is 0 Å². The van der Waals surface area contributed by atoms with Crippen LogP contribution in [0.25, 0.3) is 0 Å². The Balaban J connectivity index is 2.48. The van der Waals surface area contributed by atoms with Crippen molar-refractivity contribution >= 4 is 17.3 Å². The largest absolute Gasteiger partial charge is 0.384 e. The number of halogens is 1. The van der Waals surface area contributed by atoms with Gasteiger partial charge >= 0.3 is 0 Å². The summed E-state index contributed by atoms with van der Waals surface area (Å²) in [5.41, 5.74) is 6.26. The van der Waals surface area contributed by atoms with Crippen molar-refractivity contribution in [2.45, 2.75) is 20.3 Å². The van der Waals surface area contributed by atoms with E-state index >= 15 is 0 Å². The molecule has 0 amide bonds. The molecule has 0 aliphatic rings. The molecule has 0 saturated carbocycles. The van der Waals surface area contributed by atoms with Gasteiger partial charge in [-0.25, -0.2) is 14.4 Å². The van der Waals surface area contributed by atoms with E-state index in [0.29, 0.717) is 36.1 Å². The third kappa shape index (κ3) is 2.81. The number of rotatable bonds is 4. The second kappa shape index (κ2) is 5.65. The van der Waals surface area contributed by atoms with Crippen LogP contribution in [0.15, 0.2) is 30.3 Å². The molecule has 1 aromatic heterocycles. The predicted octanol–water partition coefficient (Wildman–Crippen LogP) is 2.92. The van der Waals surface area contributed by atoms with Crippen LogP contribution >= 0.6 is 0 Å². The molecule has 5 heteroatoms. The van der Waals surface area contributed by atoms with Gasteiger partial charge in [0.2, 0.25) is 0 Å². The lowest BCUT2D eigenvalue weighted by molar-refractivity contribution is 0.625. The summed E-state index contributed by atoms with van der Waals surface area (Å²) in [6.45, 7) is 4.49. The first kappa shape index (κ1) is 13.3. The minimum Gasteiger partial charge on any atom is -0.384 e. The van der Waals surface area contributed by atoms with Gasteiger partial charge in [-0.1, -0.05) is 19.1 Å². The molecule has 2 N–H and O–H groups in total. The van der Waals surface area contributed by atoms with Crippen LogP contribution < -0.4 is 10.6 Å². The summed E-state index contributed by atoms with van der Waals surface area (Å²) in [7, 11) is 0. The number of aryl methyl sites for hydroxylation is 1. The van der Waals surface area contributed by atoms with E-state index in [1.807, 2.05) is 13.8 Å². The average molecular weight is 260 g/mol. The van der Waals surface area contributed by atoms with Gasteiger partial charge < -0.3 is 10.6 Å². The minimum atomic E-state index is -0.278. The van der Waals surface area contributed by atoms with Crippen LogP contribution in [0.5, 0.6) is 0 Å². The zero-order valence-corrected chi connectivity index (χ0v) is 11.1. The van der Waals surface area contributed by atoms with E-state index in [4.69, 9.17) is 5.73 Å². The smallest absolute Gasteiger partial charge is 0.146 e. The van der Waals surface area contributed by atoms with Crippen LogP contribution in [-0.4, -0.2) is 16.5 Å². The number of anilines is 3. The monoisotopic (exact) mass is 260 g/mol. The highest BCUT2D eigenvalue weighted by Crippen LogP contribution is 2.26. The molecule has 1 heterocycles. The van der Waals surface area contributed by atoms with Gasteiger partial charge in [-0.05, 0) is 19.1 Å². The highest BCUT2D eigenvalue weighted by molar-refractivity contribution is 5.62. The number of nitrogens with two attached hydrogens (primary N) is 1. The Labute approximate surface area is 112 Å². The van der Waals surface area contributed by atoms with Gasteiger partial charge in [0.25, 0.3) is 0 Å². The molecule has 0 aliphatic carbocycles. The molecule has 0 fully saturated rings. The molecule has 19 heavy (non-hydrogen) atoms. The normalized spacial score (nSPS) is 10.5. The fourth-order valence-corrected chi connectivity index (χ4v) is 1.93. The molecular formula is C14H17FN4. The number of hydrogen-bond acceptors (Lipinski definition) is 4. The molecule has 0 bridgehead atoms. The molecule has 1 aromatic carbocycles. The van der Waals surface area contributed by atoms with Crippen molar-refractivity contribution in [3.8, 4) is 0 Å². The fraction of sp³-hybridized carbons (Fsp3) is 0.286. The molecule has 2 rings (SSSR count). The molecule has 4 nitrogen and oxygen atoms in total. The van der Waals surface area contributed by atoms with Crippen molar-refractivity contribution in [2.75, 3.05) is 17.2 Å². The number of hydrogen-bond donors (Lipinski definition) is 1.